The maximum atomic E-state index is 14.6. The number of fused-ring (bicyclic) bond motifs is 2. The van der Waals surface area contributed by atoms with Crippen molar-refractivity contribution in [1.29, 1.82) is 0 Å². The Morgan fingerprint density at radius 2 is 1.86 bits per heavy atom. The Bertz CT molecular complexity index is 1250. The first-order valence-electron chi connectivity index (χ1n) is 14.7. The summed E-state index contributed by atoms with van der Waals surface area (Å²) >= 11 is 0. The van der Waals surface area contributed by atoms with Crippen LogP contribution >= 0.6 is 0 Å². The van der Waals surface area contributed by atoms with Gasteiger partial charge in [-0.3, -0.25) is 19.2 Å². The monoisotopic (exact) mass is 581 g/mol. The van der Waals surface area contributed by atoms with Crippen molar-refractivity contribution in [3.05, 3.63) is 48.6 Å². The van der Waals surface area contributed by atoms with E-state index in [1.807, 2.05) is 12.2 Å². The number of likely N-dealkylation sites (tertiary alicyclic amines) is 1. The number of nitrogens with zero attached hydrogens (tertiary/aromatic N) is 2. The molecule has 226 valence electrons. The number of unbranched alkanes of at least 4 members (excludes halogenated alkanes) is 2. The number of carbonyl (C=O) groups excluding carboxylic acids is 4. The lowest BCUT2D eigenvalue weighted by Crippen LogP contribution is -2.56. The number of rotatable bonds is 7. The zero-order valence-electron chi connectivity index (χ0n) is 24.1. The molecule has 0 aliphatic carbocycles. The highest BCUT2D eigenvalue weighted by Crippen LogP contribution is 2.55. The highest BCUT2D eigenvalue weighted by Gasteiger charge is 2.73. The van der Waals surface area contributed by atoms with E-state index in [2.05, 4.69) is 5.32 Å². The summed E-state index contributed by atoms with van der Waals surface area (Å²) in [4.78, 5) is 57.8. The fourth-order valence-electron chi connectivity index (χ4n) is 6.44. The van der Waals surface area contributed by atoms with Gasteiger partial charge in [0.15, 0.2) is 0 Å². The molecule has 2 fully saturated rings. The summed E-state index contributed by atoms with van der Waals surface area (Å²) in [6.45, 7) is 2.36. The van der Waals surface area contributed by atoms with Crippen molar-refractivity contribution >= 4 is 29.4 Å². The number of aliphatic hydroxyl groups is 1. The number of nitrogens with one attached hydrogen (secondary N) is 1. The first-order chi connectivity index (χ1) is 20.3. The topological polar surface area (TPSA) is 135 Å². The van der Waals surface area contributed by atoms with Gasteiger partial charge in [-0.15, -0.1) is 0 Å². The Labute approximate surface area is 245 Å². The van der Waals surface area contributed by atoms with Gasteiger partial charge in [0.05, 0.1) is 25.7 Å². The fraction of sp³-hybridized carbons (Fsp3) is 0.548. The summed E-state index contributed by atoms with van der Waals surface area (Å²) in [5.74, 6) is -2.62. The molecule has 5 bridgehead atoms. The molecular weight excluding hydrogens is 542 g/mol. The van der Waals surface area contributed by atoms with E-state index in [1.54, 1.807) is 60.3 Å². The predicted molar refractivity (Wildman–Crippen MR) is 152 cm³/mol. The van der Waals surface area contributed by atoms with E-state index < -0.39 is 41.7 Å². The Morgan fingerprint density at radius 1 is 1.07 bits per heavy atom. The molecule has 0 radical (unpaired) electrons. The zero-order valence-corrected chi connectivity index (χ0v) is 24.1. The molecule has 3 amide bonds. The molecule has 0 saturated carbocycles. The number of aliphatic hydroxyl groups excluding tert-OH is 1. The summed E-state index contributed by atoms with van der Waals surface area (Å²) in [5, 5.41) is 12.1. The third-order valence-corrected chi connectivity index (χ3v) is 8.48. The number of benzene rings is 1. The van der Waals surface area contributed by atoms with Gasteiger partial charge in [0, 0.05) is 31.8 Å². The van der Waals surface area contributed by atoms with Crippen LogP contribution in [0, 0.1) is 11.8 Å². The van der Waals surface area contributed by atoms with Gasteiger partial charge in [-0.1, -0.05) is 24.3 Å². The van der Waals surface area contributed by atoms with Crippen molar-refractivity contribution in [2.45, 2.75) is 62.9 Å². The maximum absolute atomic E-state index is 14.6. The number of esters is 1. The van der Waals surface area contributed by atoms with Gasteiger partial charge in [-0.05, 0) is 56.9 Å². The van der Waals surface area contributed by atoms with Gasteiger partial charge in [0.2, 0.25) is 11.8 Å². The van der Waals surface area contributed by atoms with Crippen LogP contribution in [0.1, 0.15) is 39.0 Å². The molecule has 11 heteroatoms. The first kappa shape index (κ1) is 29.8. The number of ether oxygens (including phenoxy) is 3. The molecule has 11 nitrogen and oxygen atoms in total. The summed E-state index contributed by atoms with van der Waals surface area (Å²) < 4.78 is 17.4. The second-order valence-electron chi connectivity index (χ2n) is 11.2. The number of methoxy groups -OCH3 is 1. The minimum absolute atomic E-state index is 0.0422. The SMILES string of the molecule is COc1ccc(N2C/C=C\CCC(=O)NC[C@H](C)OC(=O)[C@@H]3[C@H]4C(=O)N(CCCCCO)[C@H](C2=O)[C@]42C=C[C@H]3O2)cc1. The van der Waals surface area contributed by atoms with Crippen LogP contribution in [0.3, 0.4) is 0 Å². The van der Waals surface area contributed by atoms with Gasteiger partial charge >= 0.3 is 5.97 Å². The molecule has 0 unspecified atom stereocenters. The average molecular weight is 582 g/mol. The lowest BCUT2D eigenvalue weighted by atomic mass is 9.74. The Kier molecular flexibility index (Phi) is 8.98. The minimum Gasteiger partial charge on any atom is -0.497 e. The van der Waals surface area contributed by atoms with Crippen molar-refractivity contribution in [2.75, 3.05) is 38.3 Å². The number of anilines is 1. The van der Waals surface area contributed by atoms with Crippen LogP contribution in [0.2, 0.25) is 0 Å². The van der Waals surface area contributed by atoms with Crippen molar-refractivity contribution in [2.24, 2.45) is 11.8 Å². The lowest BCUT2D eigenvalue weighted by molar-refractivity contribution is -0.158. The largest absolute Gasteiger partial charge is 0.497 e. The van der Waals surface area contributed by atoms with E-state index >= 15 is 0 Å². The molecule has 4 aliphatic heterocycles. The Morgan fingerprint density at radius 3 is 2.60 bits per heavy atom. The quantitative estimate of drug-likeness (QED) is 0.283. The number of hydrogen-bond donors (Lipinski definition) is 2. The maximum Gasteiger partial charge on any atom is 0.313 e. The summed E-state index contributed by atoms with van der Waals surface area (Å²) in [6, 6.07) is 6.08. The van der Waals surface area contributed by atoms with Gasteiger partial charge in [0.1, 0.15) is 29.4 Å². The van der Waals surface area contributed by atoms with Crippen molar-refractivity contribution in [3.8, 4) is 5.75 Å². The average Bonchev–Trinajstić information content (AvgIpc) is 3.63. The van der Waals surface area contributed by atoms with Crippen LogP contribution in [0.4, 0.5) is 5.69 Å². The molecule has 1 spiro atoms. The van der Waals surface area contributed by atoms with Gasteiger partial charge in [-0.2, -0.15) is 0 Å². The fourth-order valence-corrected chi connectivity index (χ4v) is 6.44. The third-order valence-electron chi connectivity index (χ3n) is 8.48. The van der Waals surface area contributed by atoms with Gasteiger partial charge in [-0.25, -0.2) is 0 Å². The number of allylic oxidation sites excluding steroid dienone is 1. The van der Waals surface area contributed by atoms with E-state index in [0.717, 1.165) is 0 Å². The van der Waals surface area contributed by atoms with E-state index in [0.29, 0.717) is 37.1 Å². The van der Waals surface area contributed by atoms with E-state index in [4.69, 9.17) is 14.2 Å². The first-order valence-corrected chi connectivity index (χ1v) is 14.7. The Hall–Kier alpha value is -3.70. The van der Waals surface area contributed by atoms with E-state index in [1.165, 1.54) is 0 Å². The number of cyclic esters (lactones) is 1. The second-order valence-corrected chi connectivity index (χ2v) is 11.2. The summed E-state index contributed by atoms with van der Waals surface area (Å²) in [6.07, 6.45) is 8.47. The standard InChI is InChI=1S/C31H39N3O8/c1-20-19-32-24(36)9-5-3-6-16-33(21-10-12-22(40-2)13-11-21)29(38)27-31-15-14-23(42-31)25(30(39)41-20)26(31)28(37)34(27)17-7-4-8-18-35/h3,6,10-15,20,23,25-27,35H,4-5,7-9,16-19H2,1-2H3,(H,32,36)/b6-3-/t20-,23+,25-,26-,27+,31-/m0/s1. The molecule has 2 N–H and O–H groups in total. The molecule has 1 aromatic rings. The number of hydrogen-bond acceptors (Lipinski definition) is 8. The normalized spacial score (nSPS) is 32.1. The lowest BCUT2D eigenvalue weighted by Gasteiger charge is -2.36. The molecule has 1 aromatic carbocycles. The van der Waals surface area contributed by atoms with Crippen molar-refractivity contribution < 1.29 is 38.5 Å². The van der Waals surface area contributed by atoms with Crippen LogP contribution in [-0.2, 0) is 28.7 Å². The molecule has 0 aromatic heterocycles. The zero-order chi connectivity index (χ0) is 29.9. The smallest absolute Gasteiger partial charge is 0.313 e. The summed E-state index contributed by atoms with van der Waals surface area (Å²) in [7, 11) is 1.56. The second kappa shape index (κ2) is 12.7. The van der Waals surface area contributed by atoms with Crippen molar-refractivity contribution in [1.82, 2.24) is 10.2 Å². The minimum atomic E-state index is -1.32. The molecule has 5 rings (SSSR count). The molecule has 2 saturated heterocycles. The van der Waals surface area contributed by atoms with Crippen LogP contribution in [-0.4, -0.2) is 90.9 Å². The highest BCUT2D eigenvalue weighted by atomic mass is 16.6. The summed E-state index contributed by atoms with van der Waals surface area (Å²) in [5.41, 5.74) is -0.714. The third kappa shape index (κ3) is 5.55. The van der Waals surface area contributed by atoms with Crippen molar-refractivity contribution in [3.63, 3.8) is 0 Å². The van der Waals surface area contributed by atoms with E-state index in [-0.39, 0.29) is 50.4 Å². The van der Waals surface area contributed by atoms with E-state index in [9.17, 15) is 24.3 Å². The number of carbonyl (C=O) groups is 4. The van der Waals surface area contributed by atoms with Crippen LogP contribution in [0.5, 0.6) is 5.75 Å². The Balaban J connectivity index is 1.56. The van der Waals surface area contributed by atoms with Crippen LogP contribution in [0.25, 0.3) is 0 Å². The molecule has 4 aliphatic rings. The van der Waals surface area contributed by atoms with Crippen LogP contribution in [0.15, 0.2) is 48.6 Å². The molecular formula is C31H39N3O8. The van der Waals surface area contributed by atoms with Gasteiger partial charge < -0.3 is 34.4 Å². The number of amides is 3. The highest BCUT2D eigenvalue weighted by molar-refractivity contribution is 6.05. The molecule has 4 heterocycles. The van der Waals surface area contributed by atoms with Gasteiger partial charge in [0.25, 0.3) is 5.91 Å². The van der Waals surface area contributed by atoms with Crippen LogP contribution < -0.4 is 15.0 Å². The molecule has 42 heavy (non-hydrogen) atoms. The predicted octanol–water partition coefficient (Wildman–Crippen LogP) is 1.74. The molecule has 6 atom stereocenters.